The molecule has 0 saturated carbocycles. The highest BCUT2D eigenvalue weighted by atomic mass is 31.2. The predicted octanol–water partition coefficient (Wildman–Crippen LogP) is 30.2. The van der Waals surface area contributed by atoms with Gasteiger partial charge in [-0.2, -0.15) is 0 Å². The lowest BCUT2D eigenvalue weighted by Crippen LogP contribution is -2.30. The molecule has 0 aromatic carbocycles. The average molecular weight is 1730 g/mol. The van der Waals surface area contributed by atoms with E-state index in [2.05, 4.69) is 191 Å². The van der Waals surface area contributed by atoms with Crippen LogP contribution in [0.25, 0.3) is 0 Å². The number of phosphoric acid groups is 2. The summed E-state index contributed by atoms with van der Waals surface area (Å²) in [5.74, 6) is -1.58. The maximum Gasteiger partial charge on any atom is 0.472 e. The number of unbranched alkanes of at least 4 members (excludes halogenated alkanes) is 40. The molecule has 0 aliphatic rings. The Balaban J connectivity index is 4.51. The van der Waals surface area contributed by atoms with E-state index in [9.17, 15) is 43.5 Å². The molecule has 0 rings (SSSR count). The number of allylic oxidation sites excluding steroid dienone is 28. The van der Waals surface area contributed by atoms with Gasteiger partial charge in [0.15, 0.2) is 6.10 Å². The van der Waals surface area contributed by atoms with Gasteiger partial charge in [-0.1, -0.05) is 403 Å². The van der Waals surface area contributed by atoms with Gasteiger partial charge in [0.1, 0.15) is 25.4 Å². The summed E-state index contributed by atoms with van der Waals surface area (Å²) >= 11 is 0. The van der Waals surface area contributed by atoms with Crippen LogP contribution in [0.1, 0.15) is 406 Å². The second kappa shape index (κ2) is 94.1. The Morgan fingerprint density at radius 2 is 0.438 bits per heavy atom. The van der Waals surface area contributed by atoms with E-state index >= 15 is 0 Å². The third-order valence-electron chi connectivity index (χ3n) is 20.4. The molecule has 18 heteroatoms. The van der Waals surface area contributed by atoms with Crippen molar-refractivity contribution in [2.24, 2.45) is 0 Å². The molecule has 121 heavy (non-hydrogen) atoms. The Bertz CT molecular complexity index is 2880. The molecule has 0 spiro atoms. The first-order chi connectivity index (χ1) is 59.2. The molecule has 4 N–H and O–H groups in total. The monoisotopic (exact) mass is 1730 g/mol. The van der Waals surface area contributed by atoms with Crippen LogP contribution in [0.5, 0.6) is 0 Å². The number of hydrogen-bond acceptors (Lipinski definition) is 14. The first-order valence-electron chi connectivity index (χ1n) is 48.4. The molecular weight excluding hydrogens is 1560 g/mol. The Morgan fingerprint density at radius 1 is 0.240 bits per heavy atom. The minimum atomic E-state index is -4.95. The quantitative estimate of drug-likeness (QED) is 0.0146. The van der Waals surface area contributed by atoms with E-state index in [0.29, 0.717) is 19.3 Å². The van der Waals surface area contributed by atoms with Crippen LogP contribution in [0.15, 0.2) is 170 Å². The molecule has 0 heterocycles. The summed E-state index contributed by atoms with van der Waals surface area (Å²) in [6, 6.07) is 0. The van der Waals surface area contributed by atoms with Gasteiger partial charge in [0, 0.05) is 19.3 Å². The fourth-order valence-electron chi connectivity index (χ4n) is 13.1. The molecular formula is C103H176O16P2. The largest absolute Gasteiger partial charge is 0.472 e. The third-order valence-corrected chi connectivity index (χ3v) is 22.3. The van der Waals surface area contributed by atoms with Crippen LogP contribution in [0, 0.1) is 0 Å². The number of carbonyl (C=O) groups excluding carboxylic acids is 3. The lowest BCUT2D eigenvalue weighted by atomic mass is 10.0. The topological polar surface area (TPSA) is 231 Å². The molecule has 0 aliphatic heterocycles. The van der Waals surface area contributed by atoms with Gasteiger partial charge >= 0.3 is 33.6 Å². The van der Waals surface area contributed by atoms with Crippen LogP contribution in [0.4, 0.5) is 0 Å². The fraction of sp³-hybridized carbons (Fsp3) is 0.699. The molecule has 5 atom stereocenters. The number of carbonyl (C=O) groups is 3. The molecule has 0 amide bonds. The summed E-state index contributed by atoms with van der Waals surface area (Å²) in [7, 11) is -9.82. The van der Waals surface area contributed by atoms with E-state index in [1.54, 1.807) is 0 Å². The average Bonchev–Trinajstić information content (AvgIpc) is 0.900. The smallest absolute Gasteiger partial charge is 0.463 e. The van der Waals surface area contributed by atoms with Crippen LogP contribution < -0.4 is 0 Å². The minimum Gasteiger partial charge on any atom is -0.463 e. The Hall–Kier alpha value is -5.09. The predicted molar refractivity (Wildman–Crippen MR) is 509 cm³/mol. The number of phosphoric ester groups is 2. The molecule has 0 fully saturated rings. The number of esters is 3. The molecule has 0 bridgehead atoms. The van der Waals surface area contributed by atoms with Crippen LogP contribution >= 0.6 is 15.6 Å². The van der Waals surface area contributed by atoms with E-state index in [1.807, 2.05) is 0 Å². The molecule has 0 aromatic rings. The summed E-state index contributed by atoms with van der Waals surface area (Å²) < 4.78 is 61.5. The highest BCUT2D eigenvalue weighted by Crippen LogP contribution is 2.45. The van der Waals surface area contributed by atoms with Crippen molar-refractivity contribution >= 4 is 33.6 Å². The summed E-state index contributed by atoms with van der Waals surface area (Å²) in [6.07, 6.45) is 123. The van der Waals surface area contributed by atoms with Gasteiger partial charge in [0.05, 0.1) is 26.4 Å². The molecule has 0 aromatic heterocycles. The summed E-state index contributed by atoms with van der Waals surface area (Å²) in [6.45, 7) is 2.47. The van der Waals surface area contributed by atoms with Gasteiger partial charge in [0.2, 0.25) is 0 Å². The molecule has 0 saturated heterocycles. The standard InChI is InChI=1S/C103H176O16P2/c1-4-7-10-13-16-19-22-25-28-31-34-36-38-40-42-44-46-47-48-49-51-53-54-56-58-60-63-65-68-71-74-77-80-83-86-89-101(106)113-92-98(104)93-115-120(109,110)116-94-99(105)95-117-121(111,112)118-97-100(119-103(108)91-88-85-82-79-76-73-70-67-62-33-30-27-24-21-18-15-12-9-6-3)96-114-102(107)90-87-84-81-78-75-72-69-66-64-61-59-57-55-52-50-45-43-41-39-37-35-32-29-26-23-20-17-14-11-8-5-2/h7-8,10-11,16-21,25-30,34-37,40-43,50,52,62,67,98-100,104-105H,4-6,9,12-15,22-24,31-33,38-39,44-49,51,53-61,63-66,68-97H2,1-3H3,(H,109,110)(H,111,112)/b10-7-,11-8-,19-16-,20-17-,21-18-,28-25-,29-26-,30-27-,36-34-,37-35-,42-40-,43-41-,52-50-,67-62-. The Labute approximate surface area is 739 Å². The van der Waals surface area contributed by atoms with Gasteiger partial charge in [-0.3, -0.25) is 32.5 Å². The van der Waals surface area contributed by atoms with Crippen molar-refractivity contribution in [1.82, 2.24) is 0 Å². The summed E-state index contributed by atoms with van der Waals surface area (Å²) in [5.41, 5.74) is 0. The number of ether oxygens (including phenoxy) is 3. The second-order valence-corrected chi connectivity index (χ2v) is 35.0. The highest BCUT2D eigenvalue weighted by Gasteiger charge is 2.30. The molecule has 5 unspecified atom stereocenters. The lowest BCUT2D eigenvalue weighted by molar-refractivity contribution is -0.161. The van der Waals surface area contributed by atoms with Crippen molar-refractivity contribution in [2.45, 2.75) is 424 Å². The normalized spacial score (nSPS) is 14.5. The highest BCUT2D eigenvalue weighted by molar-refractivity contribution is 7.47. The van der Waals surface area contributed by atoms with Crippen LogP contribution in [0.2, 0.25) is 0 Å². The second-order valence-electron chi connectivity index (χ2n) is 32.1. The first kappa shape index (κ1) is 116. The van der Waals surface area contributed by atoms with Crippen molar-refractivity contribution in [3.8, 4) is 0 Å². The van der Waals surface area contributed by atoms with Crippen molar-refractivity contribution in [3.63, 3.8) is 0 Å². The molecule has 0 aliphatic carbocycles. The SMILES string of the molecule is CC/C=C\C/C=C\C/C=C\C/C=C\C/C=C\C/C=C\CCCCCCCCCCCCCCC(=O)OCC(COP(=O)(O)OCC(O)COP(=O)(O)OCC(O)COC(=O)CCCCCCCCCCCCCCCCCCCCC/C=C\C/C=C\C/C=C\C/C=C\C/C=C\CC)OC(=O)CCCCCCCC/C=C\C/C=C\C/C=C\CCCCC. The van der Waals surface area contributed by atoms with Gasteiger partial charge in [-0.05, 0) is 154 Å². The number of aliphatic hydroxyl groups is 2. The number of hydrogen-bond donors (Lipinski definition) is 4. The maximum atomic E-state index is 13.1. The molecule has 694 valence electrons. The minimum absolute atomic E-state index is 0.0868. The zero-order valence-electron chi connectivity index (χ0n) is 76.6. The van der Waals surface area contributed by atoms with Crippen molar-refractivity contribution in [1.29, 1.82) is 0 Å². The van der Waals surface area contributed by atoms with Crippen molar-refractivity contribution < 1.29 is 75.8 Å². The van der Waals surface area contributed by atoms with E-state index in [0.717, 1.165) is 180 Å². The number of aliphatic hydroxyl groups excluding tert-OH is 2. The van der Waals surface area contributed by atoms with E-state index in [4.69, 9.17) is 32.3 Å². The summed E-state index contributed by atoms with van der Waals surface area (Å²) in [4.78, 5) is 59.1. The molecule has 16 nitrogen and oxygen atoms in total. The zero-order valence-corrected chi connectivity index (χ0v) is 78.4. The van der Waals surface area contributed by atoms with Crippen molar-refractivity contribution in [3.05, 3.63) is 170 Å². The van der Waals surface area contributed by atoms with E-state index < -0.39 is 91.5 Å². The van der Waals surface area contributed by atoms with E-state index in [1.165, 1.54) is 167 Å². The van der Waals surface area contributed by atoms with Gasteiger partial charge < -0.3 is 34.2 Å². The van der Waals surface area contributed by atoms with Gasteiger partial charge in [0.25, 0.3) is 0 Å². The van der Waals surface area contributed by atoms with Crippen LogP contribution in [-0.4, -0.2) is 95.9 Å². The van der Waals surface area contributed by atoms with Crippen molar-refractivity contribution in [2.75, 3.05) is 39.6 Å². The third kappa shape index (κ3) is 95.4. The zero-order chi connectivity index (χ0) is 87.9. The van der Waals surface area contributed by atoms with Crippen LogP contribution in [0.3, 0.4) is 0 Å². The van der Waals surface area contributed by atoms with Gasteiger partial charge in [-0.25, -0.2) is 9.13 Å². The van der Waals surface area contributed by atoms with Gasteiger partial charge in [-0.15, -0.1) is 0 Å². The van der Waals surface area contributed by atoms with E-state index in [-0.39, 0.29) is 19.3 Å². The first-order valence-corrected chi connectivity index (χ1v) is 51.4. The maximum absolute atomic E-state index is 13.1. The Morgan fingerprint density at radius 3 is 0.694 bits per heavy atom. The summed E-state index contributed by atoms with van der Waals surface area (Å²) in [5, 5.41) is 20.8. The lowest BCUT2D eigenvalue weighted by Gasteiger charge is -2.21. The number of rotatable bonds is 91. The van der Waals surface area contributed by atoms with Crippen LogP contribution in [-0.2, 0) is 55.8 Å². The Kier molecular flexibility index (Phi) is 90.1. The fourth-order valence-corrected chi connectivity index (χ4v) is 14.7. The molecule has 0 radical (unpaired) electrons.